The quantitative estimate of drug-likeness (QED) is 0.648. The first-order valence-corrected chi connectivity index (χ1v) is 3.99. The van der Waals surface area contributed by atoms with E-state index in [-0.39, 0.29) is 0 Å². The van der Waals surface area contributed by atoms with Crippen molar-refractivity contribution in [3.63, 3.8) is 0 Å². The molecule has 0 saturated heterocycles. The van der Waals surface area contributed by atoms with Crippen molar-refractivity contribution < 1.29 is 8.57 Å². The summed E-state index contributed by atoms with van der Waals surface area (Å²) in [6.45, 7) is 1.25. The van der Waals surface area contributed by atoms with Crippen LogP contribution in [0, 0.1) is 6.92 Å². The van der Waals surface area contributed by atoms with Crippen molar-refractivity contribution in [2.75, 3.05) is 6.86 Å². The lowest BCUT2D eigenvalue weighted by Crippen LogP contribution is -1.77. The summed E-state index contributed by atoms with van der Waals surface area (Å²) in [5.74, 6) is 0. The minimum atomic E-state index is -0.751. The lowest BCUT2D eigenvalue weighted by Gasteiger charge is -1.97. The van der Waals surface area contributed by atoms with Gasteiger partial charge in [-0.25, -0.2) is 4.39 Å². The van der Waals surface area contributed by atoms with Crippen LogP contribution in [-0.4, -0.2) is 6.86 Å². The molecule has 0 aliphatic rings. The topological polar surface area (TPSA) is 9.23 Å². The van der Waals surface area contributed by atoms with E-state index in [1.165, 1.54) is 5.56 Å². The second-order valence-corrected chi connectivity index (χ2v) is 3.00. The summed E-state index contributed by atoms with van der Waals surface area (Å²) in [6, 6.07) is 7.72. The Morgan fingerprint density at radius 2 is 2.00 bits per heavy atom. The summed E-state index contributed by atoms with van der Waals surface area (Å²) in [5.41, 5.74) is 1.19. The molecular weight excluding hydrogens is 163 g/mol. The molecule has 0 radical (unpaired) electrons. The molecule has 1 rings (SSSR count). The van der Waals surface area contributed by atoms with Crippen LogP contribution in [0.1, 0.15) is 5.56 Å². The second-order valence-electron chi connectivity index (χ2n) is 2.12. The Kier molecular flexibility index (Phi) is 3.39. The van der Waals surface area contributed by atoms with E-state index >= 15 is 0 Å². The summed E-state index contributed by atoms with van der Waals surface area (Å²) in [4.78, 5) is 0.924. The van der Waals surface area contributed by atoms with E-state index in [2.05, 4.69) is 4.18 Å². The van der Waals surface area contributed by atoms with E-state index in [0.717, 1.165) is 16.9 Å². The molecule has 60 valence electrons. The fourth-order valence-corrected chi connectivity index (χ4v) is 1.11. The van der Waals surface area contributed by atoms with Gasteiger partial charge in [0, 0.05) is 16.9 Å². The summed E-state index contributed by atoms with van der Waals surface area (Å²) in [5, 5.41) is 0. The number of alkyl halides is 1. The van der Waals surface area contributed by atoms with Crippen LogP contribution in [0.25, 0.3) is 0 Å². The van der Waals surface area contributed by atoms with Crippen molar-refractivity contribution in [2.24, 2.45) is 0 Å². The molecule has 0 aliphatic carbocycles. The van der Waals surface area contributed by atoms with Gasteiger partial charge in [-0.1, -0.05) is 17.7 Å². The fraction of sp³-hybridized carbons (Fsp3) is 0.250. The highest BCUT2D eigenvalue weighted by atomic mass is 32.2. The lowest BCUT2D eigenvalue weighted by molar-refractivity contribution is 0.225. The second kappa shape index (κ2) is 4.36. The third-order valence-corrected chi connectivity index (χ3v) is 1.89. The van der Waals surface area contributed by atoms with Crippen molar-refractivity contribution in [3.8, 4) is 0 Å². The van der Waals surface area contributed by atoms with Crippen LogP contribution in [-0.2, 0) is 4.18 Å². The molecule has 0 fully saturated rings. The van der Waals surface area contributed by atoms with Crippen LogP contribution in [0.4, 0.5) is 4.39 Å². The van der Waals surface area contributed by atoms with Crippen molar-refractivity contribution in [1.82, 2.24) is 0 Å². The third kappa shape index (κ3) is 2.91. The van der Waals surface area contributed by atoms with Crippen LogP contribution in [0.2, 0.25) is 0 Å². The van der Waals surface area contributed by atoms with Crippen LogP contribution in [0.5, 0.6) is 0 Å². The number of halogens is 1. The summed E-state index contributed by atoms with van der Waals surface area (Å²) < 4.78 is 16.0. The van der Waals surface area contributed by atoms with E-state index in [1.807, 2.05) is 31.2 Å². The number of hydrogen-bond donors (Lipinski definition) is 0. The molecule has 0 aliphatic heterocycles. The van der Waals surface area contributed by atoms with Crippen LogP contribution < -0.4 is 0 Å². The molecule has 0 N–H and O–H groups in total. The van der Waals surface area contributed by atoms with Crippen molar-refractivity contribution in [3.05, 3.63) is 29.8 Å². The average Bonchev–Trinajstić information content (AvgIpc) is 2.04. The van der Waals surface area contributed by atoms with Gasteiger partial charge in [-0.05, 0) is 19.1 Å². The summed E-state index contributed by atoms with van der Waals surface area (Å²) in [7, 11) is 0. The van der Waals surface area contributed by atoms with Gasteiger partial charge in [-0.15, -0.1) is 0 Å². The van der Waals surface area contributed by atoms with Crippen molar-refractivity contribution >= 4 is 12.0 Å². The Hall–Kier alpha value is -0.540. The predicted molar refractivity (Wildman–Crippen MR) is 44.1 cm³/mol. The van der Waals surface area contributed by atoms with Gasteiger partial charge in [0.05, 0.1) is 0 Å². The SMILES string of the molecule is Cc1ccc(SOCF)cc1. The first-order chi connectivity index (χ1) is 5.33. The van der Waals surface area contributed by atoms with Gasteiger partial charge in [0.15, 0.2) is 0 Å². The summed E-state index contributed by atoms with van der Waals surface area (Å²) >= 11 is 1.05. The van der Waals surface area contributed by atoms with Gasteiger partial charge in [-0.3, -0.25) is 4.18 Å². The normalized spacial score (nSPS) is 10.0. The van der Waals surface area contributed by atoms with Gasteiger partial charge < -0.3 is 0 Å². The first kappa shape index (κ1) is 8.56. The molecule has 1 aromatic carbocycles. The van der Waals surface area contributed by atoms with E-state index in [9.17, 15) is 4.39 Å². The van der Waals surface area contributed by atoms with Crippen molar-refractivity contribution in [1.29, 1.82) is 0 Å². The van der Waals surface area contributed by atoms with Crippen LogP contribution >= 0.6 is 12.0 Å². The van der Waals surface area contributed by atoms with Gasteiger partial charge in [0.1, 0.15) is 0 Å². The molecule has 1 aromatic rings. The predicted octanol–water partition coefficient (Wildman–Crippen LogP) is 2.95. The van der Waals surface area contributed by atoms with Crippen LogP contribution in [0.15, 0.2) is 29.2 Å². The smallest absolute Gasteiger partial charge is 0.201 e. The standard InChI is InChI=1S/C8H9FOS/c1-7-2-4-8(5-3-7)11-10-6-9/h2-5H,6H2,1H3. The highest BCUT2D eigenvalue weighted by Gasteiger charge is 1.92. The molecule has 0 saturated carbocycles. The number of hydrogen-bond acceptors (Lipinski definition) is 2. The zero-order chi connectivity index (χ0) is 8.10. The van der Waals surface area contributed by atoms with Gasteiger partial charge >= 0.3 is 0 Å². The minimum absolute atomic E-state index is 0.751. The minimum Gasteiger partial charge on any atom is -0.277 e. The van der Waals surface area contributed by atoms with Gasteiger partial charge in [0.25, 0.3) is 0 Å². The largest absolute Gasteiger partial charge is 0.277 e. The Labute approximate surface area is 69.8 Å². The Bertz CT molecular complexity index is 210. The maximum absolute atomic E-state index is 11.5. The van der Waals surface area contributed by atoms with E-state index < -0.39 is 6.86 Å². The van der Waals surface area contributed by atoms with E-state index in [4.69, 9.17) is 0 Å². The zero-order valence-electron chi connectivity index (χ0n) is 6.21. The molecule has 11 heavy (non-hydrogen) atoms. The zero-order valence-corrected chi connectivity index (χ0v) is 7.03. The van der Waals surface area contributed by atoms with E-state index in [0.29, 0.717) is 0 Å². The highest BCUT2D eigenvalue weighted by Crippen LogP contribution is 2.18. The van der Waals surface area contributed by atoms with E-state index in [1.54, 1.807) is 0 Å². The average molecular weight is 172 g/mol. The first-order valence-electron chi connectivity index (χ1n) is 3.25. The molecule has 0 amide bonds. The fourth-order valence-electron chi connectivity index (χ4n) is 0.684. The summed E-state index contributed by atoms with van der Waals surface area (Å²) in [6.07, 6.45) is 0. The highest BCUT2D eigenvalue weighted by molar-refractivity contribution is 7.94. The molecule has 0 unspecified atom stereocenters. The number of benzene rings is 1. The maximum atomic E-state index is 11.5. The lowest BCUT2D eigenvalue weighted by atomic mass is 10.2. The maximum Gasteiger partial charge on any atom is 0.201 e. The monoisotopic (exact) mass is 172 g/mol. The Morgan fingerprint density at radius 1 is 1.36 bits per heavy atom. The Balaban J connectivity index is 2.52. The molecule has 0 spiro atoms. The molecule has 0 aromatic heterocycles. The van der Waals surface area contributed by atoms with Crippen LogP contribution in [0.3, 0.4) is 0 Å². The number of rotatable bonds is 3. The third-order valence-electron chi connectivity index (χ3n) is 1.22. The molecule has 1 nitrogen and oxygen atoms in total. The molecular formula is C8H9FOS. The van der Waals surface area contributed by atoms with Gasteiger partial charge in [-0.2, -0.15) is 0 Å². The molecule has 0 atom stereocenters. The molecule has 3 heteroatoms. The Morgan fingerprint density at radius 3 is 2.55 bits per heavy atom. The number of aryl methyl sites for hydroxylation is 1. The van der Waals surface area contributed by atoms with Gasteiger partial charge in [0.2, 0.25) is 6.86 Å². The molecule has 0 bridgehead atoms. The van der Waals surface area contributed by atoms with Crippen molar-refractivity contribution in [2.45, 2.75) is 11.8 Å². The molecule has 0 heterocycles.